The van der Waals surface area contributed by atoms with Crippen LogP contribution in [0.2, 0.25) is 0 Å². The van der Waals surface area contributed by atoms with Crippen LogP contribution in [0.1, 0.15) is 31.9 Å². The van der Waals surface area contributed by atoms with Gasteiger partial charge in [0.15, 0.2) is 0 Å². The molecule has 1 unspecified atom stereocenters. The van der Waals surface area contributed by atoms with Crippen molar-refractivity contribution in [3.05, 3.63) is 35.4 Å². The van der Waals surface area contributed by atoms with Crippen molar-refractivity contribution >= 4 is 0 Å². The van der Waals surface area contributed by atoms with Crippen molar-refractivity contribution < 1.29 is 13.5 Å². The number of benzene rings is 1. The van der Waals surface area contributed by atoms with Crippen LogP contribution in [0.15, 0.2) is 18.2 Å². The maximum absolute atomic E-state index is 13.1. The summed E-state index contributed by atoms with van der Waals surface area (Å²) < 4.78 is 31.6. The molecule has 0 heterocycles. The van der Waals surface area contributed by atoms with Gasteiger partial charge in [-0.15, -0.1) is 0 Å². The zero-order valence-electron chi connectivity index (χ0n) is 10.3. The summed E-state index contributed by atoms with van der Waals surface area (Å²) in [4.78, 5) is 0. The van der Waals surface area contributed by atoms with Crippen LogP contribution in [-0.2, 0) is 4.74 Å². The Morgan fingerprint density at radius 2 is 1.82 bits per heavy atom. The summed E-state index contributed by atoms with van der Waals surface area (Å²) >= 11 is 0. The maximum atomic E-state index is 13.1. The number of ether oxygens (including phenoxy) is 1. The first kappa shape index (κ1) is 14.1. The number of halogens is 2. The lowest BCUT2D eigenvalue weighted by Gasteiger charge is -2.18. The summed E-state index contributed by atoms with van der Waals surface area (Å²) in [6.07, 6.45) is 0.927. The SMILES string of the molecule is CCCOCC(NCC)c1cc(F)cc(F)c1. The molecule has 1 aromatic carbocycles. The molecule has 17 heavy (non-hydrogen) atoms. The van der Waals surface area contributed by atoms with E-state index in [0.717, 1.165) is 19.0 Å². The number of likely N-dealkylation sites (N-methyl/N-ethyl adjacent to an activating group) is 1. The molecule has 0 saturated carbocycles. The van der Waals surface area contributed by atoms with E-state index in [1.165, 1.54) is 12.1 Å². The second kappa shape index (κ2) is 7.35. The van der Waals surface area contributed by atoms with Crippen LogP contribution >= 0.6 is 0 Å². The molecule has 0 saturated heterocycles. The first-order valence-corrected chi connectivity index (χ1v) is 5.94. The van der Waals surface area contributed by atoms with Crippen LogP contribution in [0.4, 0.5) is 8.78 Å². The van der Waals surface area contributed by atoms with Gasteiger partial charge in [0.05, 0.1) is 12.6 Å². The van der Waals surface area contributed by atoms with E-state index in [9.17, 15) is 8.78 Å². The van der Waals surface area contributed by atoms with Crippen LogP contribution in [0.5, 0.6) is 0 Å². The summed E-state index contributed by atoms with van der Waals surface area (Å²) in [7, 11) is 0. The average Bonchev–Trinajstić information content (AvgIpc) is 2.27. The molecule has 4 heteroatoms. The summed E-state index contributed by atoms with van der Waals surface area (Å²) in [6.45, 7) is 5.76. The summed E-state index contributed by atoms with van der Waals surface area (Å²) in [5.74, 6) is -1.11. The lowest BCUT2D eigenvalue weighted by Crippen LogP contribution is -2.25. The zero-order chi connectivity index (χ0) is 12.7. The van der Waals surface area contributed by atoms with E-state index in [0.29, 0.717) is 18.8 Å². The van der Waals surface area contributed by atoms with Crippen LogP contribution in [-0.4, -0.2) is 19.8 Å². The lowest BCUT2D eigenvalue weighted by molar-refractivity contribution is 0.112. The molecule has 0 spiro atoms. The highest BCUT2D eigenvalue weighted by atomic mass is 19.1. The van der Waals surface area contributed by atoms with E-state index >= 15 is 0 Å². The fourth-order valence-electron chi connectivity index (χ4n) is 1.64. The third-order valence-corrected chi connectivity index (χ3v) is 2.37. The van der Waals surface area contributed by atoms with E-state index in [1.807, 2.05) is 13.8 Å². The highest BCUT2D eigenvalue weighted by molar-refractivity contribution is 5.21. The summed E-state index contributed by atoms with van der Waals surface area (Å²) in [5, 5.41) is 3.15. The second-order valence-corrected chi connectivity index (χ2v) is 3.89. The van der Waals surface area contributed by atoms with Gasteiger partial charge in [0.2, 0.25) is 0 Å². The van der Waals surface area contributed by atoms with Crippen molar-refractivity contribution in [1.82, 2.24) is 5.32 Å². The van der Waals surface area contributed by atoms with Crippen LogP contribution in [0.25, 0.3) is 0 Å². The molecular formula is C13H19F2NO. The van der Waals surface area contributed by atoms with Gasteiger partial charge >= 0.3 is 0 Å². The Balaban J connectivity index is 2.73. The highest BCUT2D eigenvalue weighted by Crippen LogP contribution is 2.16. The molecule has 0 radical (unpaired) electrons. The van der Waals surface area contributed by atoms with Gasteiger partial charge in [-0.3, -0.25) is 0 Å². The molecule has 0 aliphatic carbocycles. The highest BCUT2D eigenvalue weighted by Gasteiger charge is 2.12. The molecule has 1 N–H and O–H groups in total. The van der Waals surface area contributed by atoms with Crippen molar-refractivity contribution in [2.45, 2.75) is 26.3 Å². The van der Waals surface area contributed by atoms with Gasteiger partial charge in [0.1, 0.15) is 11.6 Å². The Morgan fingerprint density at radius 1 is 1.18 bits per heavy atom. The normalized spacial score (nSPS) is 12.7. The van der Waals surface area contributed by atoms with Crippen LogP contribution < -0.4 is 5.32 Å². The van der Waals surface area contributed by atoms with Crippen molar-refractivity contribution in [2.75, 3.05) is 19.8 Å². The first-order chi connectivity index (χ1) is 8.17. The van der Waals surface area contributed by atoms with Crippen molar-refractivity contribution in [3.63, 3.8) is 0 Å². The first-order valence-electron chi connectivity index (χ1n) is 5.94. The van der Waals surface area contributed by atoms with Crippen molar-refractivity contribution in [2.24, 2.45) is 0 Å². The number of hydrogen-bond donors (Lipinski definition) is 1. The fourth-order valence-corrected chi connectivity index (χ4v) is 1.64. The Hall–Kier alpha value is -1.00. The van der Waals surface area contributed by atoms with Gasteiger partial charge < -0.3 is 10.1 Å². The van der Waals surface area contributed by atoms with Gasteiger partial charge in [0, 0.05) is 12.7 Å². The van der Waals surface area contributed by atoms with E-state index in [-0.39, 0.29) is 6.04 Å². The Morgan fingerprint density at radius 3 is 2.35 bits per heavy atom. The average molecular weight is 243 g/mol. The Bertz CT molecular complexity index is 324. The molecule has 0 bridgehead atoms. The molecule has 0 aliphatic rings. The summed E-state index contributed by atoms with van der Waals surface area (Å²) in [5.41, 5.74) is 0.584. The quantitative estimate of drug-likeness (QED) is 0.743. The molecule has 96 valence electrons. The minimum absolute atomic E-state index is 0.170. The van der Waals surface area contributed by atoms with Gasteiger partial charge in [0.25, 0.3) is 0 Å². The smallest absolute Gasteiger partial charge is 0.126 e. The minimum atomic E-state index is -0.557. The minimum Gasteiger partial charge on any atom is -0.379 e. The monoisotopic (exact) mass is 243 g/mol. The largest absolute Gasteiger partial charge is 0.379 e. The van der Waals surface area contributed by atoms with Crippen molar-refractivity contribution in [3.8, 4) is 0 Å². The molecule has 1 atom stereocenters. The van der Waals surface area contributed by atoms with Gasteiger partial charge in [-0.25, -0.2) is 8.78 Å². The van der Waals surface area contributed by atoms with Gasteiger partial charge in [-0.1, -0.05) is 13.8 Å². The molecule has 0 aliphatic heterocycles. The van der Waals surface area contributed by atoms with Crippen molar-refractivity contribution in [1.29, 1.82) is 0 Å². The second-order valence-electron chi connectivity index (χ2n) is 3.89. The molecular weight excluding hydrogens is 224 g/mol. The third kappa shape index (κ3) is 4.79. The van der Waals surface area contributed by atoms with Gasteiger partial charge in [-0.05, 0) is 30.7 Å². The number of rotatable bonds is 7. The standard InChI is InChI=1S/C13H19F2NO/c1-3-5-17-9-13(16-4-2)10-6-11(14)8-12(15)7-10/h6-8,13,16H,3-5,9H2,1-2H3. The molecule has 1 aromatic rings. The van der Waals surface area contributed by atoms with E-state index < -0.39 is 11.6 Å². The maximum Gasteiger partial charge on any atom is 0.126 e. The molecule has 0 fully saturated rings. The Kier molecular flexibility index (Phi) is 6.08. The molecule has 1 rings (SSSR count). The van der Waals surface area contributed by atoms with Crippen LogP contribution in [0, 0.1) is 11.6 Å². The fraction of sp³-hybridized carbons (Fsp3) is 0.538. The van der Waals surface area contributed by atoms with E-state index in [4.69, 9.17) is 4.74 Å². The number of hydrogen-bond acceptors (Lipinski definition) is 2. The lowest BCUT2D eigenvalue weighted by atomic mass is 10.1. The predicted molar refractivity (Wildman–Crippen MR) is 63.9 cm³/mol. The molecule has 2 nitrogen and oxygen atoms in total. The third-order valence-electron chi connectivity index (χ3n) is 2.37. The Labute approximate surface area is 101 Å². The van der Waals surface area contributed by atoms with Crippen LogP contribution in [0.3, 0.4) is 0 Å². The van der Waals surface area contributed by atoms with Gasteiger partial charge in [-0.2, -0.15) is 0 Å². The molecule has 0 amide bonds. The van der Waals surface area contributed by atoms with E-state index in [1.54, 1.807) is 0 Å². The summed E-state index contributed by atoms with van der Waals surface area (Å²) in [6, 6.07) is 3.38. The number of nitrogens with one attached hydrogen (secondary N) is 1. The molecule has 0 aromatic heterocycles. The predicted octanol–water partition coefficient (Wildman–Crippen LogP) is 3.04. The topological polar surface area (TPSA) is 21.3 Å². The zero-order valence-corrected chi connectivity index (χ0v) is 10.3. The van der Waals surface area contributed by atoms with E-state index in [2.05, 4.69) is 5.32 Å².